The monoisotopic (exact) mass is 345 g/mol. The van der Waals surface area contributed by atoms with Crippen LogP contribution in [-0.2, 0) is 0 Å². The topological polar surface area (TPSA) is 97.5 Å². The molecule has 26 heavy (non-hydrogen) atoms. The van der Waals surface area contributed by atoms with Gasteiger partial charge in [-0.15, -0.1) is 0 Å². The Kier molecular flexibility index (Phi) is 3.40. The van der Waals surface area contributed by atoms with Crippen LogP contribution >= 0.6 is 0 Å². The Morgan fingerprint density at radius 2 is 1.42 bits per heavy atom. The average molecular weight is 345 g/mol. The summed E-state index contributed by atoms with van der Waals surface area (Å²) in [5.41, 5.74) is 1.96. The number of nitrogens with zero attached hydrogens (tertiary/aromatic N) is 1. The number of aromatic hydroxyl groups is 1. The summed E-state index contributed by atoms with van der Waals surface area (Å²) in [6.07, 6.45) is 0. The molecule has 0 aromatic heterocycles. The van der Waals surface area contributed by atoms with Crippen LogP contribution in [-0.4, -0.2) is 21.6 Å². The second-order valence-corrected chi connectivity index (χ2v) is 5.92. The molecule has 0 saturated heterocycles. The highest BCUT2D eigenvalue weighted by Gasteiger charge is 2.35. The zero-order valence-electron chi connectivity index (χ0n) is 13.3. The first-order chi connectivity index (χ1) is 12.5. The Morgan fingerprint density at radius 3 is 2.12 bits per heavy atom. The smallest absolute Gasteiger partial charge is 0.277 e. The number of ketones is 2. The summed E-state index contributed by atoms with van der Waals surface area (Å²) in [6.45, 7) is 0. The summed E-state index contributed by atoms with van der Waals surface area (Å²) in [7, 11) is 0. The predicted molar refractivity (Wildman–Crippen MR) is 94.3 cm³/mol. The van der Waals surface area contributed by atoms with Gasteiger partial charge in [-0.1, -0.05) is 30.3 Å². The van der Waals surface area contributed by atoms with E-state index >= 15 is 0 Å². The molecule has 0 radical (unpaired) electrons. The zero-order chi connectivity index (χ0) is 18.4. The number of nitro benzene ring substituents is 1. The van der Waals surface area contributed by atoms with Crippen LogP contribution in [0, 0.1) is 10.1 Å². The number of Topliss-reactive ketones (excluding diaryl/α,β-unsaturated/α-hetero) is 2. The minimum absolute atomic E-state index is 0.0501. The van der Waals surface area contributed by atoms with Crippen molar-refractivity contribution in [3.8, 4) is 28.0 Å². The molecule has 0 saturated carbocycles. The highest BCUT2D eigenvalue weighted by atomic mass is 16.6. The zero-order valence-corrected chi connectivity index (χ0v) is 13.3. The molecule has 0 fully saturated rings. The van der Waals surface area contributed by atoms with E-state index in [9.17, 15) is 24.8 Å². The maximum absolute atomic E-state index is 12.5. The van der Waals surface area contributed by atoms with Gasteiger partial charge >= 0.3 is 0 Å². The van der Waals surface area contributed by atoms with Crippen LogP contribution in [0.3, 0.4) is 0 Å². The number of phenols is 1. The van der Waals surface area contributed by atoms with Crippen molar-refractivity contribution in [1.29, 1.82) is 0 Å². The van der Waals surface area contributed by atoms with Crippen LogP contribution in [0.15, 0.2) is 60.7 Å². The molecule has 0 atom stereocenters. The molecule has 1 aliphatic rings. The minimum atomic E-state index is -0.751. The molecule has 1 aliphatic carbocycles. The number of hydrogen-bond acceptors (Lipinski definition) is 5. The molecule has 3 aromatic carbocycles. The van der Waals surface area contributed by atoms with Crippen LogP contribution in [0.1, 0.15) is 20.7 Å². The van der Waals surface area contributed by atoms with E-state index in [0.717, 1.165) is 5.56 Å². The third kappa shape index (κ3) is 2.28. The van der Waals surface area contributed by atoms with Crippen molar-refractivity contribution in [3.05, 3.63) is 81.9 Å². The first-order valence-corrected chi connectivity index (χ1v) is 7.77. The van der Waals surface area contributed by atoms with Crippen LogP contribution in [0.25, 0.3) is 22.3 Å². The van der Waals surface area contributed by atoms with E-state index in [1.807, 2.05) is 0 Å². The molecule has 0 aliphatic heterocycles. The lowest BCUT2D eigenvalue weighted by Crippen LogP contribution is -2.22. The second-order valence-electron chi connectivity index (χ2n) is 5.92. The molecule has 0 spiro atoms. The van der Waals surface area contributed by atoms with Crippen LogP contribution in [0.2, 0.25) is 0 Å². The van der Waals surface area contributed by atoms with Crippen molar-refractivity contribution >= 4 is 17.3 Å². The Labute approximate surface area is 147 Å². The second kappa shape index (κ2) is 5.63. The molecular formula is C20H11NO5. The van der Waals surface area contributed by atoms with Gasteiger partial charge in [0.15, 0.2) is 0 Å². The van der Waals surface area contributed by atoms with Gasteiger partial charge in [0.25, 0.3) is 5.69 Å². The standard InChI is InChI=1S/C20H11NO5/c22-13-7-4-11(5-8-13)12-6-9-14-16(10-12)20(24)19(23)15-2-1-3-17(18(14)15)21(25)26/h1-10,22H. The summed E-state index contributed by atoms with van der Waals surface area (Å²) < 4.78 is 0. The summed E-state index contributed by atoms with van der Waals surface area (Å²) >= 11 is 0. The molecule has 0 bridgehead atoms. The molecule has 126 valence electrons. The van der Waals surface area contributed by atoms with Gasteiger partial charge in [0.05, 0.1) is 10.5 Å². The van der Waals surface area contributed by atoms with Crippen molar-refractivity contribution in [3.63, 3.8) is 0 Å². The fraction of sp³-hybridized carbons (Fsp3) is 0. The van der Waals surface area contributed by atoms with Gasteiger partial charge in [-0.05, 0) is 35.4 Å². The highest BCUT2D eigenvalue weighted by Crippen LogP contribution is 2.41. The average Bonchev–Trinajstić information content (AvgIpc) is 2.65. The fourth-order valence-electron chi connectivity index (χ4n) is 3.19. The summed E-state index contributed by atoms with van der Waals surface area (Å²) in [4.78, 5) is 35.8. The van der Waals surface area contributed by atoms with Crippen molar-refractivity contribution in [2.45, 2.75) is 0 Å². The number of carbonyl (C=O) groups is 2. The Morgan fingerprint density at radius 1 is 0.769 bits per heavy atom. The van der Waals surface area contributed by atoms with Crippen molar-refractivity contribution in [2.75, 3.05) is 0 Å². The van der Waals surface area contributed by atoms with Gasteiger partial charge in [0.1, 0.15) is 5.75 Å². The van der Waals surface area contributed by atoms with E-state index in [-0.39, 0.29) is 28.1 Å². The van der Waals surface area contributed by atoms with Crippen molar-refractivity contribution in [1.82, 2.24) is 0 Å². The number of rotatable bonds is 2. The normalized spacial score (nSPS) is 12.5. The van der Waals surface area contributed by atoms with Crippen molar-refractivity contribution in [2.24, 2.45) is 0 Å². The molecule has 6 heteroatoms. The maximum atomic E-state index is 12.5. The van der Waals surface area contributed by atoms with Gasteiger partial charge in [0, 0.05) is 22.8 Å². The number of benzene rings is 3. The lowest BCUT2D eigenvalue weighted by Gasteiger charge is -2.18. The summed E-state index contributed by atoms with van der Waals surface area (Å²) in [6, 6.07) is 15.5. The van der Waals surface area contributed by atoms with Crippen LogP contribution in [0.5, 0.6) is 5.75 Å². The van der Waals surface area contributed by atoms with E-state index in [2.05, 4.69) is 0 Å². The Hall–Kier alpha value is -3.80. The van der Waals surface area contributed by atoms with E-state index in [1.54, 1.807) is 30.3 Å². The molecule has 0 unspecified atom stereocenters. The fourth-order valence-corrected chi connectivity index (χ4v) is 3.19. The van der Waals surface area contributed by atoms with Gasteiger partial charge < -0.3 is 5.11 Å². The molecule has 0 heterocycles. The number of phenolic OH excluding ortho intramolecular Hbond substituents is 1. The third-order valence-electron chi connectivity index (χ3n) is 4.42. The van der Waals surface area contributed by atoms with Gasteiger partial charge in [-0.2, -0.15) is 0 Å². The Balaban J connectivity index is 1.97. The van der Waals surface area contributed by atoms with E-state index < -0.39 is 16.5 Å². The first-order valence-electron chi connectivity index (χ1n) is 7.77. The van der Waals surface area contributed by atoms with Gasteiger partial charge in [0.2, 0.25) is 11.6 Å². The summed E-state index contributed by atoms with van der Waals surface area (Å²) in [5, 5.41) is 20.8. The number of hydrogen-bond donors (Lipinski definition) is 1. The molecular weight excluding hydrogens is 334 g/mol. The lowest BCUT2D eigenvalue weighted by atomic mass is 9.82. The molecule has 1 N–H and O–H groups in total. The minimum Gasteiger partial charge on any atom is -0.508 e. The van der Waals surface area contributed by atoms with E-state index in [4.69, 9.17) is 0 Å². The SMILES string of the molecule is O=C1C(=O)c2cccc([N+](=O)[O-])c2-c2ccc(-c3ccc(O)cc3)cc21. The number of carbonyl (C=O) groups excluding carboxylic acids is 2. The van der Waals surface area contributed by atoms with E-state index in [1.165, 1.54) is 30.3 Å². The summed E-state index contributed by atoms with van der Waals surface area (Å²) in [5.74, 6) is -1.32. The predicted octanol–water partition coefficient (Wildman–Crippen LogP) is 4.01. The third-order valence-corrected chi connectivity index (χ3v) is 4.42. The number of fused-ring (bicyclic) bond motifs is 3. The molecule has 6 nitrogen and oxygen atoms in total. The molecule has 4 rings (SSSR count). The first kappa shape index (κ1) is 15.7. The largest absolute Gasteiger partial charge is 0.508 e. The molecule has 3 aromatic rings. The molecule has 0 amide bonds. The van der Waals surface area contributed by atoms with Crippen molar-refractivity contribution < 1.29 is 19.6 Å². The van der Waals surface area contributed by atoms with Gasteiger partial charge in [-0.25, -0.2) is 0 Å². The lowest BCUT2D eigenvalue weighted by molar-refractivity contribution is -0.384. The van der Waals surface area contributed by atoms with Crippen LogP contribution < -0.4 is 0 Å². The highest BCUT2D eigenvalue weighted by molar-refractivity contribution is 6.53. The van der Waals surface area contributed by atoms with E-state index in [0.29, 0.717) is 11.1 Å². The number of nitro groups is 1. The maximum Gasteiger partial charge on any atom is 0.277 e. The quantitative estimate of drug-likeness (QED) is 0.430. The van der Waals surface area contributed by atoms with Crippen LogP contribution in [0.4, 0.5) is 5.69 Å². The Bertz CT molecular complexity index is 1100. The van der Waals surface area contributed by atoms with Gasteiger partial charge in [-0.3, -0.25) is 19.7 Å².